The molecular formula is C10H12N2O2S. The number of rotatable bonds is 3. The first-order valence-electron chi connectivity index (χ1n) is 4.93. The summed E-state index contributed by atoms with van der Waals surface area (Å²) in [6.07, 6.45) is 2.39. The Hall–Kier alpha value is -1.23. The highest BCUT2D eigenvalue weighted by atomic mass is 32.1. The van der Waals surface area contributed by atoms with E-state index >= 15 is 0 Å². The molecule has 0 aliphatic heterocycles. The second kappa shape index (κ2) is 4.10. The Bertz CT molecular complexity index is 412. The molecule has 0 saturated carbocycles. The van der Waals surface area contributed by atoms with Crippen LogP contribution in [0.5, 0.6) is 0 Å². The fraction of sp³-hybridized carbons (Fsp3) is 0.500. The number of anilines is 1. The second-order valence-corrected chi connectivity index (χ2v) is 4.63. The summed E-state index contributed by atoms with van der Waals surface area (Å²) in [4.78, 5) is 27.4. The monoisotopic (exact) mass is 224 g/mol. The van der Waals surface area contributed by atoms with E-state index in [1.807, 2.05) is 0 Å². The van der Waals surface area contributed by atoms with Crippen LogP contribution in [0.15, 0.2) is 0 Å². The zero-order valence-corrected chi connectivity index (χ0v) is 9.32. The molecule has 2 rings (SSSR count). The Morgan fingerprint density at radius 2 is 2.33 bits per heavy atom. The summed E-state index contributed by atoms with van der Waals surface area (Å²) in [7, 11) is 0. The Morgan fingerprint density at radius 3 is 3.00 bits per heavy atom. The first-order chi connectivity index (χ1) is 7.16. The Morgan fingerprint density at radius 1 is 1.53 bits per heavy atom. The van der Waals surface area contributed by atoms with Gasteiger partial charge in [0.1, 0.15) is 5.78 Å². The van der Waals surface area contributed by atoms with Crippen molar-refractivity contribution in [3.8, 4) is 0 Å². The minimum absolute atomic E-state index is 0.0644. The number of ketones is 2. The molecule has 0 fully saturated rings. The predicted octanol–water partition coefficient (Wildman–Crippen LogP) is 1.66. The second-order valence-electron chi connectivity index (χ2n) is 3.63. The van der Waals surface area contributed by atoms with E-state index in [1.54, 1.807) is 0 Å². The largest absolute Gasteiger partial charge is 0.354 e. The molecule has 0 bridgehead atoms. The highest BCUT2D eigenvalue weighted by Crippen LogP contribution is 2.29. The van der Waals surface area contributed by atoms with Gasteiger partial charge in [0.2, 0.25) is 0 Å². The van der Waals surface area contributed by atoms with Crippen molar-refractivity contribution in [2.45, 2.75) is 26.2 Å². The third kappa shape index (κ3) is 2.23. The number of Topliss-reactive ketones (excluding diaryl/α,β-unsaturated/α-hetero) is 2. The maximum Gasteiger partial charge on any atom is 0.183 e. The van der Waals surface area contributed by atoms with Gasteiger partial charge in [0.25, 0.3) is 0 Å². The SMILES string of the molecule is CC(=O)CNc1nc2c(s1)C(=O)CCC2. The van der Waals surface area contributed by atoms with Crippen molar-refractivity contribution in [1.82, 2.24) is 4.98 Å². The van der Waals surface area contributed by atoms with Crippen molar-refractivity contribution in [3.63, 3.8) is 0 Å². The minimum Gasteiger partial charge on any atom is -0.354 e. The van der Waals surface area contributed by atoms with Gasteiger partial charge < -0.3 is 5.32 Å². The van der Waals surface area contributed by atoms with Gasteiger partial charge in [-0.15, -0.1) is 0 Å². The van der Waals surface area contributed by atoms with Crippen LogP contribution in [0.2, 0.25) is 0 Å². The summed E-state index contributed by atoms with van der Waals surface area (Å²) < 4.78 is 0. The fourth-order valence-electron chi connectivity index (χ4n) is 1.54. The molecule has 5 heteroatoms. The lowest BCUT2D eigenvalue weighted by Gasteiger charge is -2.05. The van der Waals surface area contributed by atoms with Crippen molar-refractivity contribution < 1.29 is 9.59 Å². The van der Waals surface area contributed by atoms with Gasteiger partial charge in [-0.2, -0.15) is 0 Å². The summed E-state index contributed by atoms with van der Waals surface area (Å²) in [5.74, 6) is 0.249. The van der Waals surface area contributed by atoms with Crippen LogP contribution in [0.25, 0.3) is 0 Å². The van der Waals surface area contributed by atoms with Crippen LogP contribution in [-0.4, -0.2) is 23.1 Å². The van der Waals surface area contributed by atoms with Crippen molar-refractivity contribution in [3.05, 3.63) is 10.6 Å². The molecule has 0 radical (unpaired) electrons. The zero-order chi connectivity index (χ0) is 10.8. The van der Waals surface area contributed by atoms with Crippen LogP contribution in [0.1, 0.15) is 35.1 Å². The number of nitrogens with one attached hydrogen (secondary N) is 1. The van der Waals surface area contributed by atoms with E-state index in [2.05, 4.69) is 10.3 Å². The topological polar surface area (TPSA) is 59.1 Å². The molecule has 0 unspecified atom stereocenters. The molecule has 1 aliphatic rings. The van der Waals surface area contributed by atoms with Crippen molar-refractivity contribution in [1.29, 1.82) is 0 Å². The average Bonchev–Trinajstić information content (AvgIpc) is 2.59. The highest BCUT2D eigenvalue weighted by molar-refractivity contribution is 7.17. The van der Waals surface area contributed by atoms with Crippen LogP contribution in [0.4, 0.5) is 5.13 Å². The zero-order valence-electron chi connectivity index (χ0n) is 8.50. The quantitative estimate of drug-likeness (QED) is 0.848. The van der Waals surface area contributed by atoms with Gasteiger partial charge >= 0.3 is 0 Å². The van der Waals surface area contributed by atoms with Crippen LogP contribution >= 0.6 is 11.3 Å². The van der Waals surface area contributed by atoms with Gasteiger partial charge in [0.15, 0.2) is 10.9 Å². The third-order valence-electron chi connectivity index (χ3n) is 2.26. The summed E-state index contributed by atoms with van der Waals surface area (Å²) >= 11 is 1.36. The number of thiazole rings is 1. The maximum absolute atomic E-state index is 11.5. The molecule has 0 amide bonds. The smallest absolute Gasteiger partial charge is 0.183 e. The molecule has 1 heterocycles. The van der Waals surface area contributed by atoms with E-state index in [1.165, 1.54) is 18.3 Å². The van der Waals surface area contributed by atoms with E-state index < -0.39 is 0 Å². The third-order valence-corrected chi connectivity index (χ3v) is 3.35. The maximum atomic E-state index is 11.5. The van der Waals surface area contributed by atoms with E-state index in [0.29, 0.717) is 11.6 Å². The lowest BCUT2D eigenvalue weighted by atomic mass is 10.0. The molecule has 0 spiro atoms. The number of carbonyl (C=O) groups is 2. The number of nitrogens with zero attached hydrogens (tertiary/aromatic N) is 1. The van der Waals surface area contributed by atoms with E-state index in [4.69, 9.17) is 0 Å². The number of hydrogen-bond acceptors (Lipinski definition) is 5. The Labute approximate surface area is 91.7 Å². The van der Waals surface area contributed by atoms with Gasteiger partial charge in [0.05, 0.1) is 17.1 Å². The van der Waals surface area contributed by atoms with Gasteiger partial charge in [-0.1, -0.05) is 11.3 Å². The predicted molar refractivity (Wildman–Crippen MR) is 58.6 cm³/mol. The number of carbonyl (C=O) groups excluding carboxylic acids is 2. The molecule has 0 aromatic carbocycles. The van der Waals surface area contributed by atoms with Crippen LogP contribution < -0.4 is 5.32 Å². The number of hydrogen-bond donors (Lipinski definition) is 1. The number of fused-ring (bicyclic) bond motifs is 1. The van der Waals surface area contributed by atoms with Crippen LogP contribution in [0, 0.1) is 0 Å². The highest BCUT2D eigenvalue weighted by Gasteiger charge is 2.21. The molecule has 80 valence electrons. The van der Waals surface area contributed by atoms with E-state index in [9.17, 15) is 9.59 Å². The minimum atomic E-state index is 0.0644. The first-order valence-corrected chi connectivity index (χ1v) is 5.74. The van der Waals surface area contributed by atoms with Crippen molar-refractivity contribution in [2.75, 3.05) is 11.9 Å². The summed E-state index contributed by atoms with van der Waals surface area (Å²) in [6.45, 7) is 1.80. The van der Waals surface area contributed by atoms with Crippen molar-refractivity contribution in [2.24, 2.45) is 0 Å². The molecule has 0 saturated heterocycles. The summed E-state index contributed by atoms with van der Waals surface area (Å²) in [5.41, 5.74) is 0.891. The summed E-state index contributed by atoms with van der Waals surface area (Å²) in [6, 6.07) is 0. The molecule has 1 N–H and O–H groups in total. The standard InChI is InChI=1S/C10H12N2O2S/c1-6(13)5-11-10-12-7-3-2-4-8(14)9(7)15-10/h2-5H2,1H3,(H,11,12). The van der Waals surface area contributed by atoms with E-state index in [0.717, 1.165) is 23.4 Å². The van der Waals surface area contributed by atoms with Gasteiger partial charge in [0, 0.05) is 6.42 Å². The molecule has 15 heavy (non-hydrogen) atoms. The number of aryl methyl sites for hydroxylation is 1. The molecular weight excluding hydrogens is 212 g/mol. The Balaban J connectivity index is 2.14. The fourth-order valence-corrected chi connectivity index (χ4v) is 2.52. The lowest BCUT2D eigenvalue weighted by molar-refractivity contribution is -0.115. The van der Waals surface area contributed by atoms with Gasteiger partial charge in [-0.05, 0) is 19.8 Å². The lowest BCUT2D eigenvalue weighted by Crippen LogP contribution is -2.09. The van der Waals surface area contributed by atoms with Crippen molar-refractivity contribution >= 4 is 28.0 Å². The average molecular weight is 224 g/mol. The molecule has 1 aromatic rings. The number of aromatic nitrogens is 1. The molecule has 4 nitrogen and oxygen atoms in total. The normalized spacial score (nSPS) is 14.9. The van der Waals surface area contributed by atoms with Crippen LogP contribution in [0.3, 0.4) is 0 Å². The van der Waals surface area contributed by atoms with E-state index in [-0.39, 0.29) is 18.1 Å². The van der Waals surface area contributed by atoms with Gasteiger partial charge in [-0.25, -0.2) is 4.98 Å². The molecule has 0 atom stereocenters. The van der Waals surface area contributed by atoms with Crippen LogP contribution in [-0.2, 0) is 11.2 Å². The molecule has 1 aromatic heterocycles. The van der Waals surface area contributed by atoms with Gasteiger partial charge in [-0.3, -0.25) is 9.59 Å². The Kier molecular flexibility index (Phi) is 2.81. The molecule has 1 aliphatic carbocycles. The summed E-state index contributed by atoms with van der Waals surface area (Å²) in [5, 5.41) is 3.61. The first kappa shape index (κ1) is 10.3.